The highest BCUT2D eigenvalue weighted by molar-refractivity contribution is 7.99. The molecule has 1 heterocycles. The van der Waals surface area contributed by atoms with Crippen LogP contribution in [0, 0.1) is 0 Å². The van der Waals surface area contributed by atoms with Gasteiger partial charge in [-0.1, -0.05) is 19.1 Å². The van der Waals surface area contributed by atoms with Gasteiger partial charge in [-0.2, -0.15) is 0 Å². The monoisotopic (exact) mass is 405 g/mol. The first-order valence-electron chi connectivity index (χ1n) is 8.97. The number of nitrogens with one attached hydrogen (secondary N) is 1. The summed E-state index contributed by atoms with van der Waals surface area (Å²) in [7, 11) is -3.25. The lowest BCUT2D eigenvalue weighted by molar-refractivity contribution is 0.102. The van der Waals surface area contributed by atoms with E-state index in [9.17, 15) is 13.2 Å². The Labute approximate surface area is 164 Å². The van der Waals surface area contributed by atoms with Gasteiger partial charge in [0, 0.05) is 22.9 Å². The molecule has 1 fully saturated rings. The van der Waals surface area contributed by atoms with Gasteiger partial charge in [-0.15, -0.1) is 11.8 Å². The summed E-state index contributed by atoms with van der Waals surface area (Å²) < 4.78 is 29.4. The molecular weight excluding hydrogens is 382 g/mol. The third-order valence-electron chi connectivity index (χ3n) is 4.43. The Kier molecular flexibility index (Phi) is 6.57. The number of ether oxygens (including phenoxy) is 1. The van der Waals surface area contributed by atoms with Crippen molar-refractivity contribution < 1.29 is 17.9 Å². The molecule has 0 radical (unpaired) electrons. The minimum atomic E-state index is -3.25. The number of anilines is 1. The number of hydrogen-bond acceptors (Lipinski definition) is 5. The van der Waals surface area contributed by atoms with Gasteiger partial charge in [-0.3, -0.25) is 4.79 Å². The van der Waals surface area contributed by atoms with E-state index in [-0.39, 0.29) is 22.7 Å². The van der Waals surface area contributed by atoms with Gasteiger partial charge in [0.2, 0.25) is 0 Å². The summed E-state index contributed by atoms with van der Waals surface area (Å²) in [6.07, 6.45) is 2.41. The Morgan fingerprint density at radius 1 is 1.19 bits per heavy atom. The second-order valence-corrected chi connectivity index (χ2v) is 9.66. The summed E-state index contributed by atoms with van der Waals surface area (Å²) in [5, 5.41) is 2.84. The first-order valence-corrected chi connectivity index (χ1v) is 11.6. The lowest BCUT2D eigenvalue weighted by Gasteiger charge is -2.12. The molecule has 2 aromatic carbocycles. The molecule has 1 N–H and O–H groups in total. The van der Waals surface area contributed by atoms with Gasteiger partial charge in [-0.05, 0) is 49.2 Å². The van der Waals surface area contributed by atoms with Crippen molar-refractivity contribution in [2.75, 3.05) is 23.4 Å². The van der Waals surface area contributed by atoms with Crippen LogP contribution in [-0.4, -0.2) is 38.5 Å². The van der Waals surface area contributed by atoms with Gasteiger partial charge in [0.25, 0.3) is 5.91 Å². The Morgan fingerprint density at radius 2 is 1.93 bits per heavy atom. The van der Waals surface area contributed by atoms with Crippen molar-refractivity contribution in [3.8, 4) is 0 Å². The van der Waals surface area contributed by atoms with E-state index in [4.69, 9.17) is 4.74 Å². The molecule has 0 bridgehead atoms. The van der Waals surface area contributed by atoms with Crippen molar-refractivity contribution >= 4 is 33.2 Å². The average molecular weight is 406 g/mol. The SMILES string of the molecule is CCS(=O)(=O)c1ccc(NC(=O)c2ccccc2SCC2CCCO2)cc1. The van der Waals surface area contributed by atoms with Crippen LogP contribution in [0.15, 0.2) is 58.3 Å². The smallest absolute Gasteiger partial charge is 0.256 e. The molecule has 0 saturated carbocycles. The molecule has 27 heavy (non-hydrogen) atoms. The highest BCUT2D eigenvalue weighted by Gasteiger charge is 2.18. The van der Waals surface area contributed by atoms with E-state index in [2.05, 4.69) is 5.32 Å². The van der Waals surface area contributed by atoms with E-state index < -0.39 is 9.84 Å². The van der Waals surface area contributed by atoms with Crippen molar-refractivity contribution in [1.82, 2.24) is 0 Å². The van der Waals surface area contributed by atoms with Crippen molar-refractivity contribution in [3.05, 3.63) is 54.1 Å². The van der Waals surface area contributed by atoms with Crippen molar-refractivity contribution in [2.45, 2.75) is 35.7 Å². The van der Waals surface area contributed by atoms with Crippen LogP contribution in [0.3, 0.4) is 0 Å². The maximum Gasteiger partial charge on any atom is 0.256 e. The maximum atomic E-state index is 12.7. The molecule has 1 saturated heterocycles. The van der Waals surface area contributed by atoms with Gasteiger partial charge >= 0.3 is 0 Å². The Balaban J connectivity index is 1.69. The maximum absolute atomic E-state index is 12.7. The standard InChI is InChI=1S/C20H23NO4S2/c1-2-27(23,24)17-11-9-15(10-12-17)21-20(22)18-7-3-4-8-19(18)26-14-16-6-5-13-25-16/h3-4,7-12,16H,2,5-6,13-14H2,1H3,(H,21,22). The zero-order valence-electron chi connectivity index (χ0n) is 15.2. The van der Waals surface area contributed by atoms with E-state index in [1.807, 2.05) is 18.2 Å². The number of carbonyl (C=O) groups excluding carboxylic acids is 1. The number of benzene rings is 2. The second kappa shape index (κ2) is 8.91. The molecule has 2 aromatic rings. The summed E-state index contributed by atoms with van der Waals surface area (Å²) in [6, 6.07) is 13.7. The van der Waals surface area contributed by atoms with Crippen molar-refractivity contribution in [3.63, 3.8) is 0 Å². The van der Waals surface area contributed by atoms with Crippen LogP contribution in [0.1, 0.15) is 30.1 Å². The van der Waals surface area contributed by atoms with E-state index in [1.165, 1.54) is 12.1 Å². The van der Waals surface area contributed by atoms with Crippen LogP contribution in [-0.2, 0) is 14.6 Å². The Morgan fingerprint density at radius 3 is 2.59 bits per heavy atom. The Bertz CT molecular complexity index is 888. The Hall–Kier alpha value is -1.83. The number of amides is 1. The predicted octanol–water partition coefficient (Wildman–Crippen LogP) is 4.00. The van der Waals surface area contributed by atoms with Gasteiger partial charge in [0.05, 0.1) is 22.3 Å². The summed E-state index contributed by atoms with van der Waals surface area (Å²) in [5.74, 6) is 0.665. The molecule has 144 valence electrons. The second-order valence-electron chi connectivity index (χ2n) is 6.32. The predicted molar refractivity (Wildman–Crippen MR) is 108 cm³/mol. The topological polar surface area (TPSA) is 72.5 Å². The molecule has 1 amide bonds. The zero-order valence-corrected chi connectivity index (χ0v) is 16.8. The van der Waals surface area contributed by atoms with Crippen LogP contribution in [0.4, 0.5) is 5.69 Å². The minimum absolute atomic E-state index is 0.0496. The molecule has 0 spiro atoms. The highest BCUT2D eigenvalue weighted by atomic mass is 32.2. The van der Waals surface area contributed by atoms with Gasteiger partial charge in [0.15, 0.2) is 9.84 Å². The lowest BCUT2D eigenvalue weighted by Crippen LogP contribution is -2.14. The van der Waals surface area contributed by atoms with Crippen LogP contribution in [0.25, 0.3) is 0 Å². The van der Waals surface area contributed by atoms with Crippen LogP contribution in [0.5, 0.6) is 0 Å². The lowest BCUT2D eigenvalue weighted by atomic mass is 10.2. The van der Waals surface area contributed by atoms with Gasteiger partial charge in [0.1, 0.15) is 0 Å². The summed E-state index contributed by atoms with van der Waals surface area (Å²) in [5.41, 5.74) is 1.17. The third kappa shape index (κ3) is 5.12. The molecular formula is C20H23NO4S2. The summed E-state index contributed by atoms with van der Waals surface area (Å²) in [6.45, 7) is 2.42. The molecule has 1 aliphatic rings. The molecule has 7 heteroatoms. The molecule has 0 aromatic heterocycles. The number of sulfone groups is 1. The number of rotatable bonds is 7. The average Bonchev–Trinajstić information content (AvgIpc) is 3.20. The highest BCUT2D eigenvalue weighted by Crippen LogP contribution is 2.27. The fraction of sp³-hybridized carbons (Fsp3) is 0.350. The molecule has 1 aliphatic heterocycles. The molecule has 0 aliphatic carbocycles. The zero-order chi connectivity index (χ0) is 19.3. The summed E-state index contributed by atoms with van der Waals surface area (Å²) >= 11 is 1.63. The normalized spacial score (nSPS) is 17.0. The third-order valence-corrected chi connectivity index (χ3v) is 7.39. The fourth-order valence-corrected chi connectivity index (χ4v) is 4.85. The van der Waals surface area contributed by atoms with E-state index in [1.54, 1.807) is 36.9 Å². The van der Waals surface area contributed by atoms with Crippen LogP contribution < -0.4 is 5.32 Å². The molecule has 1 atom stereocenters. The quantitative estimate of drug-likeness (QED) is 0.705. The van der Waals surface area contributed by atoms with Crippen molar-refractivity contribution in [1.29, 1.82) is 0 Å². The van der Waals surface area contributed by atoms with Crippen LogP contribution >= 0.6 is 11.8 Å². The van der Waals surface area contributed by atoms with Gasteiger partial charge in [-0.25, -0.2) is 8.42 Å². The molecule has 3 rings (SSSR count). The number of carbonyl (C=O) groups is 1. The van der Waals surface area contributed by atoms with Gasteiger partial charge < -0.3 is 10.1 Å². The first kappa shape index (κ1) is 19.9. The molecule has 1 unspecified atom stereocenters. The van der Waals surface area contributed by atoms with Crippen LogP contribution in [0.2, 0.25) is 0 Å². The fourth-order valence-electron chi connectivity index (χ4n) is 2.85. The molecule has 5 nitrogen and oxygen atoms in total. The summed E-state index contributed by atoms with van der Waals surface area (Å²) in [4.78, 5) is 13.9. The minimum Gasteiger partial charge on any atom is -0.377 e. The number of thioether (sulfide) groups is 1. The van der Waals surface area contributed by atoms with E-state index in [0.29, 0.717) is 11.3 Å². The number of hydrogen-bond donors (Lipinski definition) is 1. The largest absolute Gasteiger partial charge is 0.377 e. The first-order chi connectivity index (χ1) is 13.0. The van der Waals surface area contributed by atoms with E-state index >= 15 is 0 Å². The van der Waals surface area contributed by atoms with E-state index in [0.717, 1.165) is 30.1 Å². The van der Waals surface area contributed by atoms with Crippen molar-refractivity contribution in [2.24, 2.45) is 0 Å².